The number of carbonyl (C=O) groups excluding carboxylic acids is 1. The molecule has 3 atom stereocenters. The first-order valence-electron chi connectivity index (χ1n) is 6.79. The molecule has 0 saturated heterocycles. The Morgan fingerprint density at radius 3 is 2.48 bits per heavy atom. The van der Waals surface area contributed by atoms with E-state index in [1.165, 1.54) is 7.11 Å². The number of amides is 1. The molecule has 1 aliphatic rings. The summed E-state index contributed by atoms with van der Waals surface area (Å²) in [6, 6.07) is -1.18. The van der Waals surface area contributed by atoms with Crippen LogP contribution in [0.15, 0.2) is 23.8 Å². The van der Waals surface area contributed by atoms with Crippen LogP contribution in [0.3, 0.4) is 0 Å². The van der Waals surface area contributed by atoms with Crippen molar-refractivity contribution in [1.29, 1.82) is 0 Å². The van der Waals surface area contributed by atoms with Crippen LogP contribution < -0.4 is 5.32 Å². The summed E-state index contributed by atoms with van der Waals surface area (Å²) >= 11 is 0. The van der Waals surface area contributed by atoms with E-state index < -0.39 is 29.8 Å². The number of allylic oxidation sites excluding steroid dienone is 2. The van der Waals surface area contributed by atoms with E-state index in [9.17, 15) is 14.7 Å². The van der Waals surface area contributed by atoms with Crippen LogP contribution in [-0.2, 0) is 14.3 Å². The topological polar surface area (TPSA) is 84.9 Å². The van der Waals surface area contributed by atoms with Gasteiger partial charge in [-0.1, -0.05) is 25.2 Å². The number of ether oxygens (including phenoxy) is 2. The van der Waals surface area contributed by atoms with Crippen LogP contribution >= 0.6 is 0 Å². The van der Waals surface area contributed by atoms with Gasteiger partial charge < -0.3 is 19.9 Å². The van der Waals surface area contributed by atoms with Gasteiger partial charge in [-0.25, -0.2) is 9.59 Å². The van der Waals surface area contributed by atoms with Crippen LogP contribution in [0.2, 0.25) is 0 Å². The van der Waals surface area contributed by atoms with Gasteiger partial charge in [0.15, 0.2) is 6.04 Å². The molecule has 0 aromatic heterocycles. The van der Waals surface area contributed by atoms with Crippen LogP contribution in [-0.4, -0.2) is 42.0 Å². The maximum Gasteiger partial charge on any atom is 0.408 e. The van der Waals surface area contributed by atoms with E-state index in [-0.39, 0.29) is 5.92 Å². The minimum absolute atomic E-state index is 0.0253. The maximum atomic E-state index is 11.8. The number of methoxy groups -OCH3 is 1. The molecule has 118 valence electrons. The number of hydrogen-bond acceptors (Lipinski definition) is 4. The van der Waals surface area contributed by atoms with Crippen molar-refractivity contribution in [2.75, 3.05) is 7.11 Å². The molecule has 6 nitrogen and oxygen atoms in total. The Kier molecular flexibility index (Phi) is 5.54. The zero-order chi connectivity index (χ0) is 16.2. The normalized spacial score (nSPS) is 23.2. The minimum Gasteiger partial charge on any atom is -0.479 e. The Morgan fingerprint density at radius 2 is 2.00 bits per heavy atom. The van der Waals surface area contributed by atoms with E-state index in [1.807, 2.05) is 13.0 Å². The highest BCUT2D eigenvalue weighted by Gasteiger charge is 2.34. The summed E-state index contributed by atoms with van der Waals surface area (Å²) in [5.41, 5.74) is -0.201. The number of alkyl carbamates (subject to hydrolysis) is 1. The molecule has 1 amide bonds. The molecule has 21 heavy (non-hydrogen) atoms. The fourth-order valence-corrected chi connectivity index (χ4v) is 2.17. The maximum absolute atomic E-state index is 11.8. The van der Waals surface area contributed by atoms with Crippen LogP contribution in [0.5, 0.6) is 0 Å². The monoisotopic (exact) mass is 297 g/mol. The first-order chi connectivity index (χ1) is 9.65. The molecule has 0 aromatic carbocycles. The standard InChI is InChI=1S/C15H23NO5/c1-9-7-6-8-10(12(9)20-5)11(13(17)18)16-14(19)21-15(2,3)4/h6-9,11-12H,1-5H3,(H,16,19)(H,17,18). The number of nitrogens with one attached hydrogen (secondary N) is 1. The lowest BCUT2D eigenvalue weighted by Crippen LogP contribution is -2.48. The van der Waals surface area contributed by atoms with E-state index in [0.717, 1.165) is 0 Å². The predicted molar refractivity (Wildman–Crippen MR) is 78.0 cm³/mol. The Bertz CT molecular complexity index is 461. The van der Waals surface area contributed by atoms with E-state index in [2.05, 4.69) is 5.32 Å². The third kappa shape index (κ3) is 4.90. The molecule has 0 bridgehead atoms. The fourth-order valence-electron chi connectivity index (χ4n) is 2.17. The molecule has 0 radical (unpaired) electrons. The molecule has 1 rings (SSSR count). The van der Waals surface area contributed by atoms with Gasteiger partial charge >= 0.3 is 12.1 Å². The van der Waals surface area contributed by atoms with Gasteiger partial charge in [-0.2, -0.15) is 0 Å². The lowest BCUT2D eigenvalue weighted by atomic mass is 9.88. The van der Waals surface area contributed by atoms with E-state index >= 15 is 0 Å². The molecule has 0 spiro atoms. The van der Waals surface area contributed by atoms with Crippen LogP contribution in [0, 0.1) is 5.92 Å². The summed E-state index contributed by atoms with van der Waals surface area (Å²) in [6.07, 6.45) is 4.18. The molecular formula is C15H23NO5. The molecule has 0 aromatic rings. The average molecular weight is 297 g/mol. The number of carboxylic acids is 1. The van der Waals surface area contributed by atoms with Gasteiger partial charge in [0.25, 0.3) is 0 Å². The molecule has 0 heterocycles. The van der Waals surface area contributed by atoms with E-state index in [1.54, 1.807) is 32.9 Å². The highest BCUT2D eigenvalue weighted by atomic mass is 16.6. The Balaban J connectivity index is 2.92. The van der Waals surface area contributed by atoms with E-state index in [0.29, 0.717) is 5.57 Å². The van der Waals surface area contributed by atoms with Gasteiger partial charge in [0.05, 0.1) is 6.10 Å². The Hall–Kier alpha value is -1.82. The largest absolute Gasteiger partial charge is 0.479 e. The number of aliphatic carboxylic acids is 1. The van der Waals surface area contributed by atoms with Crippen LogP contribution in [0.1, 0.15) is 27.7 Å². The summed E-state index contributed by atoms with van der Waals surface area (Å²) in [5, 5.41) is 11.8. The third-order valence-corrected chi connectivity index (χ3v) is 3.00. The number of rotatable bonds is 4. The second-order valence-corrected chi connectivity index (χ2v) is 5.98. The van der Waals surface area contributed by atoms with Crippen molar-refractivity contribution in [3.05, 3.63) is 23.8 Å². The van der Waals surface area contributed by atoms with Gasteiger partial charge in [-0.05, 0) is 26.3 Å². The highest BCUT2D eigenvalue weighted by Crippen LogP contribution is 2.25. The first-order valence-corrected chi connectivity index (χ1v) is 6.79. The number of carbonyl (C=O) groups is 2. The zero-order valence-corrected chi connectivity index (χ0v) is 13.0. The number of carboxylic acid groups (broad SMARTS) is 1. The molecule has 0 saturated carbocycles. The molecule has 2 N–H and O–H groups in total. The van der Waals surface area contributed by atoms with Crippen molar-refractivity contribution in [1.82, 2.24) is 5.32 Å². The van der Waals surface area contributed by atoms with Crippen LogP contribution in [0.25, 0.3) is 0 Å². The molecule has 3 unspecified atom stereocenters. The predicted octanol–water partition coefficient (Wildman–Crippen LogP) is 2.11. The van der Waals surface area contributed by atoms with E-state index in [4.69, 9.17) is 9.47 Å². The third-order valence-electron chi connectivity index (χ3n) is 3.00. The van der Waals surface area contributed by atoms with Crippen molar-refractivity contribution < 1.29 is 24.2 Å². The summed E-state index contributed by atoms with van der Waals surface area (Å²) in [4.78, 5) is 23.3. The SMILES string of the molecule is COC1C(C(NC(=O)OC(C)(C)C)C(=O)O)=CC=CC1C. The van der Waals surface area contributed by atoms with Crippen molar-refractivity contribution >= 4 is 12.1 Å². The lowest BCUT2D eigenvalue weighted by Gasteiger charge is -2.30. The lowest BCUT2D eigenvalue weighted by molar-refractivity contribution is -0.138. The molecule has 1 aliphatic carbocycles. The zero-order valence-electron chi connectivity index (χ0n) is 13.0. The first kappa shape index (κ1) is 17.2. The summed E-state index contributed by atoms with van der Waals surface area (Å²) in [6.45, 7) is 7.06. The number of hydrogen-bond donors (Lipinski definition) is 2. The van der Waals surface area contributed by atoms with Crippen molar-refractivity contribution in [2.45, 2.75) is 45.4 Å². The molecule has 0 fully saturated rings. The second kappa shape index (κ2) is 6.76. The van der Waals surface area contributed by atoms with Crippen molar-refractivity contribution in [3.8, 4) is 0 Å². The minimum atomic E-state index is -1.18. The average Bonchev–Trinajstić information content (AvgIpc) is 2.33. The van der Waals surface area contributed by atoms with Gasteiger partial charge in [0.1, 0.15) is 5.60 Å². The molecule has 6 heteroatoms. The van der Waals surface area contributed by atoms with Crippen LogP contribution in [0.4, 0.5) is 4.79 Å². The Labute approximate surface area is 124 Å². The fraction of sp³-hybridized carbons (Fsp3) is 0.600. The van der Waals surface area contributed by atoms with Gasteiger partial charge in [-0.15, -0.1) is 0 Å². The van der Waals surface area contributed by atoms with Gasteiger partial charge in [-0.3, -0.25) is 0 Å². The molecular weight excluding hydrogens is 274 g/mol. The second-order valence-electron chi connectivity index (χ2n) is 5.98. The highest BCUT2D eigenvalue weighted by molar-refractivity contribution is 5.83. The van der Waals surface area contributed by atoms with Crippen molar-refractivity contribution in [3.63, 3.8) is 0 Å². The Morgan fingerprint density at radius 1 is 1.38 bits per heavy atom. The summed E-state index contributed by atoms with van der Waals surface area (Å²) in [5.74, 6) is -1.13. The van der Waals surface area contributed by atoms with Gasteiger partial charge in [0.2, 0.25) is 0 Å². The smallest absolute Gasteiger partial charge is 0.408 e. The quantitative estimate of drug-likeness (QED) is 0.830. The summed E-state index contributed by atoms with van der Waals surface area (Å²) in [7, 11) is 1.51. The van der Waals surface area contributed by atoms with Gasteiger partial charge in [0, 0.05) is 13.0 Å². The molecule has 0 aliphatic heterocycles. The van der Waals surface area contributed by atoms with Crippen molar-refractivity contribution in [2.24, 2.45) is 5.92 Å². The summed E-state index contributed by atoms with van der Waals surface area (Å²) < 4.78 is 10.5.